The van der Waals surface area contributed by atoms with Gasteiger partial charge in [0.05, 0.1) is 4.92 Å². The molecule has 0 aromatic carbocycles. The van der Waals surface area contributed by atoms with Crippen LogP contribution in [0.15, 0.2) is 6.20 Å². The minimum atomic E-state index is -0.421. The van der Waals surface area contributed by atoms with Gasteiger partial charge >= 0.3 is 5.00 Å². The molecule has 0 saturated carbocycles. The number of nitrogens with zero attached hydrogens (tertiary/aromatic N) is 2. The van der Waals surface area contributed by atoms with E-state index in [1.165, 1.54) is 6.20 Å². The summed E-state index contributed by atoms with van der Waals surface area (Å²) in [7, 11) is 0. The number of hydrogen-bond donors (Lipinski definition) is 1. The third-order valence-corrected chi connectivity index (χ3v) is 3.62. The molecule has 0 amide bonds. The van der Waals surface area contributed by atoms with E-state index >= 15 is 0 Å². The molecule has 0 saturated heterocycles. The van der Waals surface area contributed by atoms with Gasteiger partial charge in [-0.15, -0.1) is 0 Å². The average molecular weight is 243 g/mol. The molecular weight excluding hydrogens is 226 g/mol. The molecule has 90 valence electrons. The van der Waals surface area contributed by atoms with Crippen LogP contribution in [0.5, 0.6) is 0 Å². The second-order valence-corrected chi connectivity index (χ2v) is 5.92. The zero-order valence-corrected chi connectivity index (χ0v) is 10.8. The van der Waals surface area contributed by atoms with Gasteiger partial charge in [-0.05, 0) is 22.7 Å². The first-order chi connectivity index (χ1) is 7.30. The largest absolute Gasteiger partial charge is 0.361 e. The number of nitrogens with one attached hydrogen (secondary N) is 1. The Balaban J connectivity index is 2.52. The third-order valence-electron chi connectivity index (χ3n) is 2.71. The number of anilines is 1. The standard InChI is InChI=1S/C10H17N3O2S/c1-7(10(2,3)4)5-11-9-12-6-8(16-9)13(14)15/h6-7H,5H2,1-4H3,(H,11,12). The van der Waals surface area contributed by atoms with Gasteiger partial charge in [-0.2, -0.15) is 0 Å². The summed E-state index contributed by atoms with van der Waals surface area (Å²) in [6, 6.07) is 0. The highest BCUT2D eigenvalue weighted by Gasteiger charge is 2.20. The number of nitro groups is 1. The van der Waals surface area contributed by atoms with Crippen molar-refractivity contribution in [2.24, 2.45) is 11.3 Å². The van der Waals surface area contributed by atoms with E-state index in [1.807, 2.05) is 0 Å². The SMILES string of the molecule is CC(CNc1ncc([N+](=O)[O-])s1)C(C)(C)C. The molecule has 1 aromatic heterocycles. The van der Waals surface area contributed by atoms with Crippen molar-refractivity contribution < 1.29 is 4.92 Å². The lowest BCUT2D eigenvalue weighted by molar-refractivity contribution is -0.380. The molecule has 0 aliphatic heterocycles. The summed E-state index contributed by atoms with van der Waals surface area (Å²) in [6.45, 7) is 9.43. The normalized spacial score (nSPS) is 13.5. The van der Waals surface area contributed by atoms with Crippen molar-refractivity contribution in [1.29, 1.82) is 0 Å². The topological polar surface area (TPSA) is 68.1 Å². The minimum Gasteiger partial charge on any atom is -0.361 e. The van der Waals surface area contributed by atoms with Gasteiger partial charge < -0.3 is 5.32 Å². The first-order valence-corrected chi connectivity index (χ1v) is 5.96. The van der Waals surface area contributed by atoms with E-state index in [0.717, 1.165) is 17.9 Å². The van der Waals surface area contributed by atoms with Crippen LogP contribution in [0.25, 0.3) is 0 Å². The Bertz CT molecular complexity index is 370. The summed E-state index contributed by atoms with van der Waals surface area (Å²) >= 11 is 1.07. The number of hydrogen-bond acceptors (Lipinski definition) is 5. The van der Waals surface area contributed by atoms with Crippen molar-refractivity contribution in [3.8, 4) is 0 Å². The Morgan fingerprint density at radius 1 is 1.62 bits per heavy atom. The Labute approximate surface area is 99.0 Å². The molecule has 6 heteroatoms. The summed E-state index contributed by atoms with van der Waals surface area (Å²) < 4.78 is 0. The smallest absolute Gasteiger partial charge is 0.345 e. The summed E-state index contributed by atoms with van der Waals surface area (Å²) in [5.74, 6) is 0.468. The van der Waals surface area contributed by atoms with E-state index in [4.69, 9.17) is 0 Å². The highest BCUT2D eigenvalue weighted by Crippen LogP contribution is 2.28. The highest BCUT2D eigenvalue weighted by molar-refractivity contribution is 7.18. The molecule has 0 radical (unpaired) electrons. The van der Waals surface area contributed by atoms with Crippen LogP contribution in [0.3, 0.4) is 0 Å². The summed E-state index contributed by atoms with van der Waals surface area (Å²) in [5.41, 5.74) is 0.218. The van der Waals surface area contributed by atoms with Gasteiger partial charge in [-0.25, -0.2) is 4.98 Å². The molecule has 1 heterocycles. The molecule has 1 rings (SSSR count). The van der Waals surface area contributed by atoms with Gasteiger partial charge in [0, 0.05) is 6.54 Å². The molecule has 0 aliphatic carbocycles. The van der Waals surface area contributed by atoms with Crippen LogP contribution in [-0.2, 0) is 0 Å². The van der Waals surface area contributed by atoms with Gasteiger partial charge in [-0.3, -0.25) is 10.1 Å². The fourth-order valence-electron chi connectivity index (χ4n) is 0.978. The van der Waals surface area contributed by atoms with Gasteiger partial charge in [-0.1, -0.05) is 27.7 Å². The molecule has 0 aliphatic rings. The monoisotopic (exact) mass is 243 g/mol. The van der Waals surface area contributed by atoms with Crippen molar-refractivity contribution in [3.63, 3.8) is 0 Å². The molecule has 0 bridgehead atoms. The Morgan fingerprint density at radius 2 is 2.25 bits per heavy atom. The fourth-order valence-corrected chi connectivity index (χ4v) is 1.62. The Kier molecular flexibility index (Phi) is 3.85. The molecule has 0 fully saturated rings. The molecule has 5 nitrogen and oxygen atoms in total. The van der Waals surface area contributed by atoms with E-state index in [-0.39, 0.29) is 10.4 Å². The summed E-state index contributed by atoms with van der Waals surface area (Å²) in [5, 5.41) is 14.3. The molecular formula is C10H17N3O2S. The second kappa shape index (κ2) is 4.78. The maximum absolute atomic E-state index is 10.5. The van der Waals surface area contributed by atoms with Crippen molar-refractivity contribution in [2.45, 2.75) is 27.7 Å². The van der Waals surface area contributed by atoms with E-state index < -0.39 is 4.92 Å². The molecule has 0 spiro atoms. The molecule has 1 N–H and O–H groups in total. The molecule has 1 atom stereocenters. The summed E-state index contributed by atoms with van der Waals surface area (Å²) in [4.78, 5) is 14.0. The predicted molar refractivity (Wildman–Crippen MR) is 65.9 cm³/mol. The first kappa shape index (κ1) is 12.9. The van der Waals surface area contributed by atoms with E-state index in [2.05, 4.69) is 38.0 Å². The van der Waals surface area contributed by atoms with E-state index in [9.17, 15) is 10.1 Å². The highest BCUT2D eigenvalue weighted by atomic mass is 32.1. The lowest BCUT2D eigenvalue weighted by Gasteiger charge is -2.27. The lowest BCUT2D eigenvalue weighted by Crippen LogP contribution is -2.24. The third kappa shape index (κ3) is 3.44. The zero-order chi connectivity index (χ0) is 12.3. The van der Waals surface area contributed by atoms with E-state index in [0.29, 0.717) is 11.0 Å². The van der Waals surface area contributed by atoms with Crippen molar-refractivity contribution in [2.75, 3.05) is 11.9 Å². The van der Waals surface area contributed by atoms with Crippen LogP contribution in [0.4, 0.5) is 10.1 Å². The molecule has 16 heavy (non-hydrogen) atoms. The van der Waals surface area contributed by atoms with Gasteiger partial charge in [0.1, 0.15) is 6.20 Å². The van der Waals surface area contributed by atoms with Crippen LogP contribution in [0.2, 0.25) is 0 Å². The second-order valence-electron chi connectivity index (χ2n) is 4.91. The van der Waals surface area contributed by atoms with Gasteiger partial charge in [0.2, 0.25) is 0 Å². The van der Waals surface area contributed by atoms with Gasteiger partial charge in [0.15, 0.2) is 5.13 Å². The van der Waals surface area contributed by atoms with Crippen LogP contribution >= 0.6 is 11.3 Å². The lowest BCUT2D eigenvalue weighted by atomic mass is 9.82. The predicted octanol–water partition coefficient (Wildman–Crippen LogP) is 3.15. The Morgan fingerprint density at radius 3 is 2.69 bits per heavy atom. The van der Waals surface area contributed by atoms with Crippen molar-refractivity contribution >= 4 is 21.5 Å². The van der Waals surface area contributed by atoms with Crippen LogP contribution in [0, 0.1) is 21.4 Å². The number of thiazole rings is 1. The van der Waals surface area contributed by atoms with E-state index in [1.54, 1.807) is 0 Å². The van der Waals surface area contributed by atoms with Gasteiger partial charge in [0.25, 0.3) is 0 Å². The Hall–Kier alpha value is -1.17. The maximum atomic E-state index is 10.5. The zero-order valence-electron chi connectivity index (χ0n) is 9.98. The first-order valence-electron chi connectivity index (χ1n) is 5.15. The van der Waals surface area contributed by atoms with Crippen molar-refractivity contribution in [1.82, 2.24) is 4.98 Å². The number of aromatic nitrogens is 1. The van der Waals surface area contributed by atoms with Crippen LogP contribution < -0.4 is 5.32 Å². The average Bonchev–Trinajstić information content (AvgIpc) is 2.60. The minimum absolute atomic E-state index is 0.0749. The maximum Gasteiger partial charge on any atom is 0.345 e. The van der Waals surface area contributed by atoms with Crippen LogP contribution in [0.1, 0.15) is 27.7 Å². The quantitative estimate of drug-likeness (QED) is 0.651. The van der Waals surface area contributed by atoms with Crippen molar-refractivity contribution in [3.05, 3.63) is 16.3 Å². The van der Waals surface area contributed by atoms with Crippen LogP contribution in [-0.4, -0.2) is 16.5 Å². The fraction of sp³-hybridized carbons (Fsp3) is 0.700. The molecule has 1 unspecified atom stereocenters. The summed E-state index contributed by atoms with van der Waals surface area (Å²) in [6.07, 6.45) is 1.29. The molecule has 1 aromatic rings. The number of rotatable bonds is 4.